The predicted molar refractivity (Wildman–Crippen MR) is 67.8 cm³/mol. The van der Waals surface area contributed by atoms with Crippen molar-refractivity contribution in [2.45, 2.75) is 16.2 Å². The van der Waals surface area contributed by atoms with E-state index < -0.39 is 14.8 Å². The van der Waals surface area contributed by atoms with Crippen LogP contribution in [-0.2, 0) is 16.3 Å². The van der Waals surface area contributed by atoms with Crippen LogP contribution >= 0.6 is 0 Å². The first-order valence-corrected chi connectivity index (χ1v) is 7.09. The molecule has 0 bridgehead atoms. The number of nitrogens with zero attached hydrogens (tertiary/aromatic N) is 1. The molecule has 0 aromatic heterocycles. The van der Waals surface area contributed by atoms with Crippen molar-refractivity contribution in [2.75, 3.05) is 0 Å². The average Bonchev–Trinajstić information content (AvgIpc) is 2.38. The summed E-state index contributed by atoms with van der Waals surface area (Å²) < 4.78 is 24.9. The van der Waals surface area contributed by atoms with E-state index in [2.05, 4.69) is 0 Å². The van der Waals surface area contributed by atoms with Crippen LogP contribution in [0, 0.1) is 10.1 Å². The van der Waals surface area contributed by atoms with E-state index in [1.54, 1.807) is 18.2 Å². The van der Waals surface area contributed by atoms with Gasteiger partial charge in [-0.3, -0.25) is 10.1 Å². The topological polar surface area (TPSA) is 77.3 Å². The molecule has 2 aromatic carbocycles. The van der Waals surface area contributed by atoms with Crippen LogP contribution in [-0.4, -0.2) is 13.3 Å². The van der Waals surface area contributed by atoms with E-state index in [9.17, 15) is 18.5 Å². The maximum atomic E-state index is 12.4. The SMILES string of the molecule is O=[N+]([O-])c1ccc2c(c1)S(=O)(=O)c1ccccc1C2. The third-order valence-corrected chi connectivity index (χ3v) is 5.13. The van der Waals surface area contributed by atoms with Crippen LogP contribution in [0.2, 0.25) is 0 Å². The lowest BCUT2D eigenvalue weighted by Gasteiger charge is -2.19. The first-order valence-electron chi connectivity index (χ1n) is 5.60. The van der Waals surface area contributed by atoms with Gasteiger partial charge in [-0.05, 0) is 17.2 Å². The number of hydrogen-bond acceptors (Lipinski definition) is 4. The summed E-state index contributed by atoms with van der Waals surface area (Å²) in [5.74, 6) is 0. The Kier molecular flexibility index (Phi) is 2.43. The minimum absolute atomic E-state index is 0.0420. The fourth-order valence-electron chi connectivity index (χ4n) is 2.29. The molecule has 6 heteroatoms. The molecule has 5 nitrogen and oxygen atoms in total. The monoisotopic (exact) mass is 275 g/mol. The Balaban J connectivity index is 2.29. The number of sulfone groups is 1. The Bertz CT molecular complexity index is 796. The lowest BCUT2D eigenvalue weighted by atomic mass is 10.0. The number of nitro benzene ring substituents is 1. The van der Waals surface area contributed by atoms with E-state index >= 15 is 0 Å². The normalized spacial score (nSPS) is 15.4. The molecule has 0 aliphatic carbocycles. The predicted octanol–water partition coefficient (Wildman–Crippen LogP) is 2.33. The Morgan fingerprint density at radius 1 is 1.00 bits per heavy atom. The number of non-ortho nitro benzene ring substituents is 1. The zero-order valence-corrected chi connectivity index (χ0v) is 10.6. The van der Waals surface area contributed by atoms with Gasteiger partial charge in [-0.1, -0.05) is 24.3 Å². The van der Waals surface area contributed by atoms with Crippen LogP contribution in [0.5, 0.6) is 0 Å². The van der Waals surface area contributed by atoms with Gasteiger partial charge in [-0.15, -0.1) is 0 Å². The summed E-state index contributed by atoms with van der Waals surface area (Å²) in [5.41, 5.74) is 1.12. The Hall–Kier alpha value is -2.21. The zero-order chi connectivity index (χ0) is 13.6. The molecule has 1 aliphatic rings. The molecule has 1 heterocycles. The third kappa shape index (κ3) is 1.72. The van der Waals surface area contributed by atoms with Gasteiger partial charge in [0.1, 0.15) is 0 Å². The van der Waals surface area contributed by atoms with Crippen LogP contribution < -0.4 is 0 Å². The number of hydrogen-bond donors (Lipinski definition) is 0. The number of benzene rings is 2. The van der Waals surface area contributed by atoms with Gasteiger partial charge in [-0.2, -0.15) is 0 Å². The Labute approximate surface area is 109 Å². The highest BCUT2D eigenvalue weighted by Gasteiger charge is 2.30. The molecule has 0 radical (unpaired) electrons. The van der Waals surface area contributed by atoms with Crippen molar-refractivity contribution in [2.24, 2.45) is 0 Å². The van der Waals surface area contributed by atoms with Gasteiger partial charge in [0.15, 0.2) is 0 Å². The average molecular weight is 275 g/mol. The van der Waals surface area contributed by atoms with Gasteiger partial charge in [0.2, 0.25) is 9.84 Å². The molecule has 0 saturated carbocycles. The van der Waals surface area contributed by atoms with Gasteiger partial charge in [0.25, 0.3) is 5.69 Å². The van der Waals surface area contributed by atoms with Crippen molar-refractivity contribution in [3.05, 3.63) is 63.7 Å². The van der Waals surface area contributed by atoms with Crippen molar-refractivity contribution >= 4 is 15.5 Å². The summed E-state index contributed by atoms with van der Waals surface area (Å²) in [6, 6.07) is 10.7. The van der Waals surface area contributed by atoms with Gasteiger partial charge in [-0.25, -0.2) is 8.42 Å². The van der Waals surface area contributed by atoms with Crippen LogP contribution in [0.1, 0.15) is 11.1 Å². The van der Waals surface area contributed by atoms with E-state index in [-0.39, 0.29) is 15.5 Å². The molecular weight excluding hydrogens is 266 g/mol. The second-order valence-electron chi connectivity index (χ2n) is 4.34. The molecule has 19 heavy (non-hydrogen) atoms. The van der Waals surface area contributed by atoms with Crippen LogP contribution in [0.3, 0.4) is 0 Å². The summed E-state index contributed by atoms with van der Waals surface area (Å²) in [7, 11) is -3.66. The second-order valence-corrected chi connectivity index (χ2v) is 6.22. The Morgan fingerprint density at radius 2 is 1.68 bits per heavy atom. The van der Waals surface area contributed by atoms with E-state index in [4.69, 9.17) is 0 Å². The molecule has 0 atom stereocenters. The molecule has 96 valence electrons. The Morgan fingerprint density at radius 3 is 2.42 bits per heavy atom. The minimum Gasteiger partial charge on any atom is -0.258 e. The van der Waals surface area contributed by atoms with E-state index in [0.717, 1.165) is 11.6 Å². The largest absolute Gasteiger partial charge is 0.270 e. The van der Waals surface area contributed by atoms with Crippen LogP contribution in [0.25, 0.3) is 0 Å². The zero-order valence-electron chi connectivity index (χ0n) is 9.74. The highest BCUT2D eigenvalue weighted by molar-refractivity contribution is 7.91. The molecule has 1 aliphatic heterocycles. The molecule has 0 amide bonds. The van der Waals surface area contributed by atoms with Gasteiger partial charge >= 0.3 is 0 Å². The van der Waals surface area contributed by atoms with Crippen molar-refractivity contribution in [3.8, 4) is 0 Å². The van der Waals surface area contributed by atoms with Crippen molar-refractivity contribution < 1.29 is 13.3 Å². The van der Waals surface area contributed by atoms with Crippen molar-refractivity contribution in [1.29, 1.82) is 0 Å². The van der Waals surface area contributed by atoms with E-state index in [0.29, 0.717) is 12.0 Å². The molecule has 0 saturated heterocycles. The lowest BCUT2D eigenvalue weighted by Crippen LogP contribution is -2.14. The lowest BCUT2D eigenvalue weighted by molar-refractivity contribution is -0.385. The maximum absolute atomic E-state index is 12.4. The standard InChI is InChI=1S/C13H9NO4S/c15-14(16)11-6-5-10-7-9-3-1-2-4-12(9)19(17,18)13(10)8-11/h1-6,8H,7H2. The molecule has 0 N–H and O–H groups in total. The fourth-order valence-corrected chi connectivity index (χ4v) is 4.03. The number of fused-ring (bicyclic) bond motifs is 2. The quantitative estimate of drug-likeness (QED) is 0.504. The maximum Gasteiger partial charge on any atom is 0.270 e. The molecular formula is C13H9NO4S. The number of nitro groups is 1. The van der Waals surface area contributed by atoms with E-state index in [1.165, 1.54) is 18.2 Å². The highest BCUT2D eigenvalue weighted by Crippen LogP contribution is 2.35. The van der Waals surface area contributed by atoms with Gasteiger partial charge < -0.3 is 0 Å². The van der Waals surface area contributed by atoms with E-state index in [1.807, 2.05) is 0 Å². The van der Waals surface area contributed by atoms with Gasteiger partial charge in [0.05, 0.1) is 14.7 Å². The molecule has 0 unspecified atom stereocenters. The second kappa shape index (κ2) is 3.89. The summed E-state index contributed by atoms with van der Waals surface area (Å²) in [6.45, 7) is 0. The summed E-state index contributed by atoms with van der Waals surface area (Å²) in [4.78, 5) is 10.4. The summed E-state index contributed by atoms with van der Waals surface area (Å²) >= 11 is 0. The van der Waals surface area contributed by atoms with Crippen molar-refractivity contribution in [3.63, 3.8) is 0 Å². The fraction of sp³-hybridized carbons (Fsp3) is 0.0769. The van der Waals surface area contributed by atoms with Gasteiger partial charge in [0, 0.05) is 18.6 Å². The molecule has 0 spiro atoms. The third-order valence-electron chi connectivity index (χ3n) is 3.19. The minimum atomic E-state index is -3.66. The molecule has 2 aromatic rings. The molecule has 3 rings (SSSR count). The molecule has 0 fully saturated rings. The van der Waals surface area contributed by atoms with Crippen molar-refractivity contribution in [1.82, 2.24) is 0 Å². The van der Waals surface area contributed by atoms with Crippen LogP contribution in [0.4, 0.5) is 5.69 Å². The first-order chi connectivity index (χ1) is 9.00. The number of rotatable bonds is 1. The summed E-state index contributed by atoms with van der Waals surface area (Å²) in [6.07, 6.45) is 0.475. The van der Waals surface area contributed by atoms with Crippen LogP contribution in [0.15, 0.2) is 52.3 Å². The smallest absolute Gasteiger partial charge is 0.258 e. The first kappa shape index (κ1) is 11.9. The summed E-state index contributed by atoms with van der Waals surface area (Å²) in [5, 5.41) is 10.8. The highest BCUT2D eigenvalue weighted by atomic mass is 32.2.